The number of carbonyl (C=O) groups is 1. The maximum absolute atomic E-state index is 11.7. The van der Waals surface area contributed by atoms with E-state index in [-0.39, 0.29) is 18.1 Å². The smallest absolute Gasteiger partial charge is 0.239 e. The van der Waals surface area contributed by atoms with Gasteiger partial charge in [0.05, 0.1) is 12.1 Å². The topological polar surface area (TPSA) is 55.6 Å². The molecule has 1 saturated heterocycles. The van der Waals surface area contributed by atoms with Crippen LogP contribution < -0.4 is 5.73 Å². The summed E-state index contributed by atoms with van der Waals surface area (Å²) in [6, 6.07) is -0.362. The largest absolute Gasteiger partial charge is 0.376 e. The van der Waals surface area contributed by atoms with E-state index in [9.17, 15) is 4.79 Å². The molecule has 0 spiro atoms. The minimum atomic E-state index is -0.362. The number of nitrogens with two attached hydrogens (primary N) is 1. The molecule has 15 heavy (non-hydrogen) atoms. The lowest BCUT2D eigenvalue weighted by molar-refractivity contribution is -0.133. The van der Waals surface area contributed by atoms with E-state index < -0.39 is 0 Å². The summed E-state index contributed by atoms with van der Waals surface area (Å²) in [5.74, 6) is 0.0201. The van der Waals surface area contributed by atoms with Crippen molar-refractivity contribution in [2.24, 2.45) is 5.73 Å². The second kappa shape index (κ2) is 6.08. The van der Waals surface area contributed by atoms with E-state index in [1.165, 1.54) is 6.42 Å². The van der Waals surface area contributed by atoms with Crippen LogP contribution in [0.25, 0.3) is 0 Å². The average molecular weight is 214 g/mol. The molecule has 1 aliphatic rings. The van der Waals surface area contributed by atoms with Crippen LogP contribution in [0, 0.1) is 0 Å². The number of hydrogen-bond acceptors (Lipinski definition) is 3. The first-order valence-electron chi connectivity index (χ1n) is 5.77. The van der Waals surface area contributed by atoms with E-state index in [4.69, 9.17) is 10.5 Å². The normalized spacial score (nSPS) is 23.5. The van der Waals surface area contributed by atoms with Gasteiger partial charge in [-0.2, -0.15) is 0 Å². The zero-order valence-corrected chi connectivity index (χ0v) is 9.74. The van der Waals surface area contributed by atoms with Crippen molar-refractivity contribution in [3.8, 4) is 0 Å². The highest BCUT2D eigenvalue weighted by Crippen LogP contribution is 2.13. The molecule has 0 radical (unpaired) electrons. The van der Waals surface area contributed by atoms with Gasteiger partial charge in [0.25, 0.3) is 0 Å². The Balaban J connectivity index is 2.33. The highest BCUT2D eigenvalue weighted by Gasteiger charge is 2.21. The Morgan fingerprint density at radius 1 is 1.60 bits per heavy atom. The first-order valence-corrected chi connectivity index (χ1v) is 5.77. The maximum Gasteiger partial charge on any atom is 0.239 e. The van der Waals surface area contributed by atoms with E-state index in [0.29, 0.717) is 13.0 Å². The Labute approximate surface area is 91.8 Å². The van der Waals surface area contributed by atoms with Gasteiger partial charge in [-0.15, -0.1) is 0 Å². The zero-order valence-electron chi connectivity index (χ0n) is 9.74. The fraction of sp³-hybridized carbons (Fsp3) is 0.909. The zero-order chi connectivity index (χ0) is 11.3. The Hall–Kier alpha value is -0.610. The van der Waals surface area contributed by atoms with Crippen molar-refractivity contribution in [1.29, 1.82) is 0 Å². The van der Waals surface area contributed by atoms with Crippen molar-refractivity contribution in [1.82, 2.24) is 4.90 Å². The number of ether oxygens (including phenoxy) is 1. The summed E-state index contributed by atoms with van der Waals surface area (Å²) in [5, 5.41) is 0. The van der Waals surface area contributed by atoms with Crippen LogP contribution in [0.3, 0.4) is 0 Å². The summed E-state index contributed by atoms with van der Waals surface area (Å²) in [6.45, 7) is 3.42. The number of rotatable bonds is 4. The Morgan fingerprint density at radius 2 is 2.33 bits per heavy atom. The van der Waals surface area contributed by atoms with Crippen molar-refractivity contribution in [2.75, 3.05) is 20.2 Å². The standard InChI is InChI=1S/C11H22N2O2/c1-3-10(12)11(14)13(2)8-9-6-4-5-7-15-9/h9-10H,3-8,12H2,1-2H3/t9-,10-/m0/s1. The van der Waals surface area contributed by atoms with Crippen LogP contribution in [-0.4, -0.2) is 43.2 Å². The van der Waals surface area contributed by atoms with Crippen LogP contribution in [0.2, 0.25) is 0 Å². The van der Waals surface area contributed by atoms with Crippen LogP contribution in [0.5, 0.6) is 0 Å². The minimum absolute atomic E-state index is 0.0201. The SMILES string of the molecule is CC[C@H](N)C(=O)N(C)C[C@@H]1CCCCO1. The number of nitrogens with zero attached hydrogens (tertiary/aromatic N) is 1. The van der Waals surface area contributed by atoms with Crippen LogP contribution >= 0.6 is 0 Å². The molecule has 0 aromatic rings. The molecule has 2 atom stereocenters. The fourth-order valence-corrected chi connectivity index (χ4v) is 1.80. The Kier molecular flexibility index (Phi) is 5.05. The predicted molar refractivity (Wildman–Crippen MR) is 59.5 cm³/mol. The third-order valence-corrected chi connectivity index (χ3v) is 2.88. The van der Waals surface area contributed by atoms with E-state index in [1.807, 2.05) is 6.92 Å². The molecule has 88 valence electrons. The molecule has 0 unspecified atom stereocenters. The summed E-state index contributed by atoms with van der Waals surface area (Å²) in [4.78, 5) is 13.4. The van der Waals surface area contributed by atoms with Crippen molar-refractivity contribution in [3.63, 3.8) is 0 Å². The molecule has 1 aliphatic heterocycles. The molecule has 4 heteroatoms. The van der Waals surface area contributed by atoms with E-state index in [2.05, 4.69) is 0 Å². The highest BCUT2D eigenvalue weighted by atomic mass is 16.5. The van der Waals surface area contributed by atoms with E-state index in [0.717, 1.165) is 19.4 Å². The van der Waals surface area contributed by atoms with Gasteiger partial charge >= 0.3 is 0 Å². The molecular formula is C11H22N2O2. The number of carbonyl (C=O) groups excluding carboxylic acids is 1. The monoisotopic (exact) mass is 214 g/mol. The molecule has 1 fully saturated rings. The van der Waals surface area contributed by atoms with Gasteiger partial charge in [-0.3, -0.25) is 4.79 Å². The third kappa shape index (κ3) is 3.80. The molecule has 1 rings (SSSR count). The van der Waals surface area contributed by atoms with E-state index >= 15 is 0 Å². The van der Waals surface area contributed by atoms with Crippen LogP contribution in [0.1, 0.15) is 32.6 Å². The first-order chi connectivity index (χ1) is 7.15. The van der Waals surface area contributed by atoms with Crippen molar-refractivity contribution >= 4 is 5.91 Å². The molecule has 2 N–H and O–H groups in total. The van der Waals surface area contributed by atoms with Gasteiger partial charge in [0.15, 0.2) is 0 Å². The predicted octanol–water partition coefficient (Wildman–Crippen LogP) is 0.751. The highest BCUT2D eigenvalue weighted by molar-refractivity contribution is 5.81. The quantitative estimate of drug-likeness (QED) is 0.751. The average Bonchev–Trinajstić information content (AvgIpc) is 2.28. The van der Waals surface area contributed by atoms with Crippen LogP contribution in [0.15, 0.2) is 0 Å². The van der Waals surface area contributed by atoms with Gasteiger partial charge in [-0.1, -0.05) is 6.92 Å². The Bertz CT molecular complexity index is 203. The molecule has 0 aromatic heterocycles. The summed E-state index contributed by atoms with van der Waals surface area (Å²) in [6.07, 6.45) is 4.29. The van der Waals surface area contributed by atoms with Crippen LogP contribution in [0.4, 0.5) is 0 Å². The van der Waals surface area contributed by atoms with Crippen LogP contribution in [-0.2, 0) is 9.53 Å². The van der Waals surface area contributed by atoms with Gasteiger partial charge < -0.3 is 15.4 Å². The minimum Gasteiger partial charge on any atom is -0.376 e. The lowest BCUT2D eigenvalue weighted by Crippen LogP contribution is -2.45. The second-order valence-electron chi connectivity index (χ2n) is 4.22. The van der Waals surface area contributed by atoms with E-state index in [1.54, 1.807) is 11.9 Å². The van der Waals surface area contributed by atoms with Gasteiger partial charge in [-0.25, -0.2) is 0 Å². The molecular weight excluding hydrogens is 192 g/mol. The summed E-state index contributed by atoms with van der Waals surface area (Å²) in [5.41, 5.74) is 5.69. The summed E-state index contributed by atoms with van der Waals surface area (Å²) < 4.78 is 5.58. The molecule has 0 bridgehead atoms. The number of hydrogen-bond donors (Lipinski definition) is 1. The van der Waals surface area contributed by atoms with Crippen molar-refractivity contribution in [2.45, 2.75) is 44.8 Å². The van der Waals surface area contributed by atoms with Gasteiger partial charge in [0.2, 0.25) is 5.91 Å². The van der Waals surface area contributed by atoms with Crippen molar-refractivity contribution < 1.29 is 9.53 Å². The molecule has 4 nitrogen and oxygen atoms in total. The molecule has 1 amide bonds. The second-order valence-corrected chi connectivity index (χ2v) is 4.22. The molecule has 0 saturated carbocycles. The number of amides is 1. The summed E-state index contributed by atoms with van der Waals surface area (Å²) >= 11 is 0. The maximum atomic E-state index is 11.7. The summed E-state index contributed by atoms with van der Waals surface area (Å²) in [7, 11) is 1.80. The molecule has 0 aliphatic carbocycles. The molecule has 1 heterocycles. The first kappa shape index (κ1) is 12.5. The van der Waals surface area contributed by atoms with Gasteiger partial charge in [0, 0.05) is 20.2 Å². The Morgan fingerprint density at radius 3 is 2.87 bits per heavy atom. The lowest BCUT2D eigenvalue weighted by Gasteiger charge is -2.28. The third-order valence-electron chi connectivity index (χ3n) is 2.88. The van der Waals surface area contributed by atoms with Gasteiger partial charge in [-0.05, 0) is 25.7 Å². The molecule has 0 aromatic carbocycles. The fourth-order valence-electron chi connectivity index (χ4n) is 1.80. The van der Waals surface area contributed by atoms with Crippen molar-refractivity contribution in [3.05, 3.63) is 0 Å². The lowest BCUT2D eigenvalue weighted by atomic mass is 10.1. The number of likely N-dealkylation sites (N-methyl/N-ethyl adjacent to an activating group) is 1. The van der Waals surface area contributed by atoms with Gasteiger partial charge in [0.1, 0.15) is 0 Å².